The van der Waals surface area contributed by atoms with Gasteiger partial charge in [-0.15, -0.1) is 11.3 Å². The van der Waals surface area contributed by atoms with Crippen LogP contribution in [-0.2, 0) is 0 Å². The maximum absolute atomic E-state index is 6.13. The first-order chi connectivity index (χ1) is 6.79. The second-order valence-corrected chi connectivity index (χ2v) is 4.18. The molecule has 1 unspecified atom stereocenters. The molecule has 0 saturated carbocycles. The number of nitrogens with zero attached hydrogens (tertiary/aromatic N) is 1. The van der Waals surface area contributed by atoms with Crippen LogP contribution in [0.4, 0.5) is 0 Å². The Kier molecular flexibility index (Phi) is 2.61. The van der Waals surface area contributed by atoms with E-state index in [9.17, 15) is 0 Å². The first kappa shape index (κ1) is 9.37. The van der Waals surface area contributed by atoms with Crippen LogP contribution in [0, 0.1) is 6.92 Å². The van der Waals surface area contributed by atoms with Crippen molar-refractivity contribution < 1.29 is 0 Å². The number of aromatic nitrogens is 1. The lowest BCUT2D eigenvalue weighted by atomic mass is 10.1. The normalized spacial score (nSPS) is 12.7. The fraction of sp³-hybridized carbons (Fsp3) is 0.182. The van der Waals surface area contributed by atoms with Gasteiger partial charge in [0.15, 0.2) is 0 Å². The molecule has 0 amide bonds. The van der Waals surface area contributed by atoms with E-state index in [-0.39, 0.29) is 6.04 Å². The average Bonchev–Trinajstić information content (AvgIpc) is 2.65. The lowest BCUT2D eigenvalue weighted by molar-refractivity contribution is 0.876. The molecule has 3 heteroatoms. The zero-order valence-electron chi connectivity index (χ0n) is 7.97. The maximum Gasteiger partial charge on any atom is 0.0663 e. The first-order valence-corrected chi connectivity index (χ1v) is 5.36. The highest BCUT2D eigenvalue weighted by atomic mass is 32.1. The lowest BCUT2D eigenvalue weighted by Crippen LogP contribution is -2.11. The molecule has 0 aliphatic carbocycles. The van der Waals surface area contributed by atoms with Crippen molar-refractivity contribution in [2.24, 2.45) is 5.73 Å². The van der Waals surface area contributed by atoms with Crippen molar-refractivity contribution in [3.63, 3.8) is 0 Å². The molecule has 2 heterocycles. The van der Waals surface area contributed by atoms with E-state index in [1.165, 1.54) is 10.4 Å². The molecular formula is C11H12N2S. The van der Waals surface area contributed by atoms with Crippen molar-refractivity contribution in [2.75, 3.05) is 0 Å². The minimum atomic E-state index is -0.0382. The molecular weight excluding hydrogens is 192 g/mol. The number of hydrogen-bond acceptors (Lipinski definition) is 3. The molecule has 1 atom stereocenters. The Balaban J connectivity index is 2.34. The Labute approximate surface area is 87.4 Å². The fourth-order valence-corrected chi connectivity index (χ4v) is 2.37. The standard InChI is InChI=1S/C11H12N2S/c1-8-4-6-14-11(8)10(12)9-3-2-5-13-7-9/h2-7,10H,12H2,1H3. The molecule has 14 heavy (non-hydrogen) atoms. The molecule has 0 saturated heterocycles. The van der Waals surface area contributed by atoms with Gasteiger partial charge in [-0.2, -0.15) is 0 Å². The van der Waals surface area contributed by atoms with Crippen LogP contribution in [0.25, 0.3) is 0 Å². The monoisotopic (exact) mass is 204 g/mol. The van der Waals surface area contributed by atoms with Crippen molar-refractivity contribution in [3.8, 4) is 0 Å². The van der Waals surface area contributed by atoms with E-state index in [1.807, 2.05) is 18.3 Å². The number of aryl methyl sites for hydroxylation is 1. The van der Waals surface area contributed by atoms with Gasteiger partial charge in [0, 0.05) is 17.3 Å². The van der Waals surface area contributed by atoms with Gasteiger partial charge in [-0.25, -0.2) is 0 Å². The van der Waals surface area contributed by atoms with Crippen LogP contribution in [0.2, 0.25) is 0 Å². The predicted molar refractivity (Wildman–Crippen MR) is 59.3 cm³/mol. The molecule has 0 aliphatic heterocycles. The largest absolute Gasteiger partial charge is 0.320 e. The third kappa shape index (κ3) is 1.69. The van der Waals surface area contributed by atoms with Crippen LogP contribution in [0.3, 0.4) is 0 Å². The summed E-state index contributed by atoms with van der Waals surface area (Å²) in [4.78, 5) is 5.29. The Hall–Kier alpha value is -1.19. The predicted octanol–water partition coefficient (Wildman–Crippen LogP) is 2.50. The molecule has 0 aliphatic rings. The summed E-state index contributed by atoms with van der Waals surface area (Å²) >= 11 is 1.70. The molecule has 2 N–H and O–H groups in total. The van der Waals surface area contributed by atoms with Crippen LogP contribution in [0.15, 0.2) is 36.0 Å². The molecule has 0 spiro atoms. The van der Waals surface area contributed by atoms with Crippen molar-refractivity contribution in [3.05, 3.63) is 52.0 Å². The van der Waals surface area contributed by atoms with E-state index in [4.69, 9.17) is 5.73 Å². The first-order valence-electron chi connectivity index (χ1n) is 4.48. The van der Waals surface area contributed by atoms with Gasteiger partial charge < -0.3 is 5.73 Å². The van der Waals surface area contributed by atoms with Gasteiger partial charge in [-0.05, 0) is 35.6 Å². The Morgan fingerprint density at radius 3 is 2.86 bits per heavy atom. The van der Waals surface area contributed by atoms with Crippen LogP contribution < -0.4 is 5.73 Å². The molecule has 2 rings (SSSR count). The molecule has 0 fully saturated rings. The highest BCUT2D eigenvalue weighted by Crippen LogP contribution is 2.26. The number of nitrogens with two attached hydrogens (primary N) is 1. The Bertz CT molecular complexity index is 408. The summed E-state index contributed by atoms with van der Waals surface area (Å²) in [6.45, 7) is 2.09. The third-order valence-electron chi connectivity index (χ3n) is 2.23. The van der Waals surface area contributed by atoms with Crippen molar-refractivity contribution in [1.29, 1.82) is 0 Å². The number of thiophene rings is 1. The minimum Gasteiger partial charge on any atom is -0.320 e. The average molecular weight is 204 g/mol. The second-order valence-electron chi connectivity index (χ2n) is 3.23. The smallest absolute Gasteiger partial charge is 0.0663 e. The molecule has 2 nitrogen and oxygen atoms in total. The molecule has 72 valence electrons. The molecule has 0 aromatic carbocycles. The van der Waals surface area contributed by atoms with Gasteiger partial charge in [-0.3, -0.25) is 4.98 Å². The summed E-state index contributed by atoms with van der Waals surface area (Å²) in [6.07, 6.45) is 3.58. The Morgan fingerprint density at radius 1 is 1.43 bits per heavy atom. The second kappa shape index (κ2) is 3.90. The summed E-state index contributed by atoms with van der Waals surface area (Å²) in [5.74, 6) is 0. The van der Waals surface area contributed by atoms with E-state index in [0.717, 1.165) is 5.56 Å². The maximum atomic E-state index is 6.13. The van der Waals surface area contributed by atoms with E-state index < -0.39 is 0 Å². The van der Waals surface area contributed by atoms with Gasteiger partial charge in [0.25, 0.3) is 0 Å². The van der Waals surface area contributed by atoms with Crippen LogP contribution >= 0.6 is 11.3 Å². The zero-order valence-corrected chi connectivity index (χ0v) is 8.79. The highest BCUT2D eigenvalue weighted by Gasteiger charge is 2.12. The van der Waals surface area contributed by atoms with E-state index >= 15 is 0 Å². The molecule has 2 aromatic heterocycles. The summed E-state index contributed by atoms with van der Waals surface area (Å²) in [5.41, 5.74) is 8.46. The van der Waals surface area contributed by atoms with Gasteiger partial charge in [0.05, 0.1) is 6.04 Å². The molecule has 0 bridgehead atoms. The molecule has 2 aromatic rings. The Morgan fingerprint density at radius 2 is 2.29 bits per heavy atom. The van der Waals surface area contributed by atoms with Crippen LogP contribution in [0.5, 0.6) is 0 Å². The van der Waals surface area contributed by atoms with Crippen LogP contribution in [0.1, 0.15) is 22.0 Å². The van der Waals surface area contributed by atoms with E-state index in [2.05, 4.69) is 23.4 Å². The SMILES string of the molecule is Cc1ccsc1C(N)c1cccnc1. The summed E-state index contributed by atoms with van der Waals surface area (Å²) < 4.78 is 0. The van der Waals surface area contributed by atoms with Gasteiger partial charge in [-0.1, -0.05) is 6.07 Å². The number of hydrogen-bond donors (Lipinski definition) is 1. The molecule has 0 radical (unpaired) electrons. The fourth-order valence-electron chi connectivity index (χ4n) is 1.41. The quantitative estimate of drug-likeness (QED) is 0.816. The van der Waals surface area contributed by atoms with Gasteiger partial charge in [0.2, 0.25) is 0 Å². The zero-order chi connectivity index (χ0) is 9.97. The topological polar surface area (TPSA) is 38.9 Å². The highest BCUT2D eigenvalue weighted by molar-refractivity contribution is 7.10. The number of rotatable bonds is 2. The van der Waals surface area contributed by atoms with E-state index in [0.29, 0.717) is 0 Å². The minimum absolute atomic E-state index is 0.0382. The van der Waals surface area contributed by atoms with Crippen LogP contribution in [-0.4, -0.2) is 4.98 Å². The van der Waals surface area contributed by atoms with Crippen molar-refractivity contribution in [1.82, 2.24) is 4.98 Å². The van der Waals surface area contributed by atoms with Crippen molar-refractivity contribution in [2.45, 2.75) is 13.0 Å². The summed E-state index contributed by atoms with van der Waals surface area (Å²) in [7, 11) is 0. The summed E-state index contributed by atoms with van der Waals surface area (Å²) in [6, 6.07) is 5.98. The number of pyridine rings is 1. The van der Waals surface area contributed by atoms with Gasteiger partial charge >= 0.3 is 0 Å². The van der Waals surface area contributed by atoms with Crippen molar-refractivity contribution >= 4 is 11.3 Å². The van der Waals surface area contributed by atoms with E-state index in [1.54, 1.807) is 17.5 Å². The summed E-state index contributed by atoms with van der Waals surface area (Å²) in [5, 5.41) is 2.07. The van der Waals surface area contributed by atoms with Gasteiger partial charge in [0.1, 0.15) is 0 Å². The lowest BCUT2D eigenvalue weighted by Gasteiger charge is -2.10. The third-order valence-corrected chi connectivity index (χ3v) is 3.33.